The molecular weight excluding hydrogens is 304 g/mol. The van der Waals surface area contributed by atoms with Gasteiger partial charge in [-0.05, 0) is 24.3 Å². The molecule has 0 unspecified atom stereocenters. The first-order valence-electron chi connectivity index (χ1n) is 6.68. The molecule has 0 aliphatic heterocycles. The van der Waals surface area contributed by atoms with Gasteiger partial charge in [-0.1, -0.05) is 6.07 Å². The van der Waals surface area contributed by atoms with Gasteiger partial charge in [0.15, 0.2) is 11.5 Å². The summed E-state index contributed by atoms with van der Waals surface area (Å²) in [7, 11) is 0. The van der Waals surface area contributed by atoms with Gasteiger partial charge in [0.05, 0.1) is 18.4 Å². The summed E-state index contributed by atoms with van der Waals surface area (Å²) in [5, 5.41) is 12.3. The monoisotopic (exact) mass is 315 g/mol. The van der Waals surface area contributed by atoms with Crippen LogP contribution >= 0.6 is 0 Å². The van der Waals surface area contributed by atoms with Crippen molar-refractivity contribution in [1.82, 2.24) is 14.4 Å². The zero-order valence-corrected chi connectivity index (χ0v) is 11.8. The summed E-state index contributed by atoms with van der Waals surface area (Å²) in [6.07, 6.45) is 2.97. The van der Waals surface area contributed by atoms with E-state index in [0.717, 1.165) is 0 Å². The van der Waals surface area contributed by atoms with E-state index in [-0.39, 0.29) is 5.75 Å². The molecule has 0 aromatic carbocycles. The Kier molecular flexibility index (Phi) is 4.01. The van der Waals surface area contributed by atoms with Crippen molar-refractivity contribution in [2.45, 2.75) is 13.2 Å². The first-order chi connectivity index (χ1) is 11.2. The van der Waals surface area contributed by atoms with Crippen LogP contribution in [0, 0.1) is 11.3 Å². The molecule has 0 atom stereocenters. The van der Waals surface area contributed by atoms with E-state index in [1.807, 2.05) is 12.1 Å². The zero-order chi connectivity index (χ0) is 16.2. The van der Waals surface area contributed by atoms with Crippen LogP contribution in [-0.2, 0) is 6.54 Å². The molecule has 0 aliphatic rings. The predicted molar refractivity (Wildman–Crippen MR) is 78.1 cm³/mol. The molecule has 0 amide bonds. The van der Waals surface area contributed by atoms with Crippen LogP contribution in [0.4, 0.5) is 14.6 Å². The minimum atomic E-state index is -2.88. The maximum atomic E-state index is 12.1. The summed E-state index contributed by atoms with van der Waals surface area (Å²) in [6.45, 7) is -2.58. The van der Waals surface area contributed by atoms with Gasteiger partial charge in [0, 0.05) is 6.20 Å². The average molecular weight is 315 g/mol. The summed E-state index contributed by atoms with van der Waals surface area (Å²) >= 11 is 0. The van der Waals surface area contributed by atoms with Crippen LogP contribution in [0.5, 0.6) is 5.75 Å². The van der Waals surface area contributed by atoms with Gasteiger partial charge < -0.3 is 10.1 Å². The molecule has 3 rings (SSSR count). The fraction of sp³-hybridized carbons (Fsp3) is 0.133. The fourth-order valence-electron chi connectivity index (χ4n) is 2.09. The van der Waals surface area contributed by atoms with E-state index in [0.29, 0.717) is 29.4 Å². The van der Waals surface area contributed by atoms with Crippen LogP contribution in [0.1, 0.15) is 11.4 Å². The average Bonchev–Trinajstić information content (AvgIpc) is 2.91. The molecule has 3 heterocycles. The van der Waals surface area contributed by atoms with Gasteiger partial charge in [0.2, 0.25) is 0 Å². The lowest BCUT2D eigenvalue weighted by Crippen LogP contribution is -2.05. The standard InChI is InChI=1S/C15H11F2N5O/c16-15(17)23-11-5-4-10(19-9-11)8-20-14-12(7-18)22-6-2-1-3-13(22)21-14/h1-6,9,15,20H,8H2. The lowest BCUT2D eigenvalue weighted by atomic mass is 10.3. The number of hydrogen-bond acceptors (Lipinski definition) is 5. The number of anilines is 1. The molecule has 0 bridgehead atoms. The topological polar surface area (TPSA) is 75.2 Å². The molecule has 0 radical (unpaired) electrons. The van der Waals surface area contributed by atoms with Crippen LogP contribution in [-0.4, -0.2) is 21.0 Å². The molecule has 6 nitrogen and oxygen atoms in total. The number of nitriles is 1. The van der Waals surface area contributed by atoms with Crippen LogP contribution in [0.15, 0.2) is 42.7 Å². The molecule has 8 heteroatoms. The summed E-state index contributed by atoms with van der Waals surface area (Å²) in [4.78, 5) is 8.35. The number of hydrogen-bond donors (Lipinski definition) is 1. The third kappa shape index (κ3) is 3.18. The molecule has 1 N–H and O–H groups in total. The normalized spacial score (nSPS) is 10.7. The summed E-state index contributed by atoms with van der Waals surface area (Å²) < 4.78 is 30.1. The Morgan fingerprint density at radius 1 is 1.30 bits per heavy atom. The number of ether oxygens (including phenoxy) is 1. The fourth-order valence-corrected chi connectivity index (χ4v) is 2.09. The van der Waals surface area contributed by atoms with E-state index < -0.39 is 6.61 Å². The quantitative estimate of drug-likeness (QED) is 0.783. The van der Waals surface area contributed by atoms with E-state index >= 15 is 0 Å². The third-order valence-electron chi connectivity index (χ3n) is 3.10. The van der Waals surface area contributed by atoms with Crippen molar-refractivity contribution >= 4 is 11.5 Å². The number of imidazole rings is 1. The van der Waals surface area contributed by atoms with Crippen LogP contribution in [0.2, 0.25) is 0 Å². The molecule has 0 spiro atoms. The smallest absolute Gasteiger partial charge is 0.387 e. The number of rotatable bonds is 5. The molecule has 23 heavy (non-hydrogen) atoms. The van der Waals surface area contributed by atoms with E-state index in [2.05, 4.69) is 26.1 Å². The molecule has 3 aromatic rings. The number of halogens is 2. The highest BCUT2D eigenvalue weighted by Crippen LogP contribution is 2.18. The van der Waals surface area contributed by atoms with Crippen molar-refractivity contribution in [3.8, 4) is 11.8 Å². The van der Waals surface area contributed by atoms with Gasteiger partial charge in [0.1, 0.15) is 17.5 Å². The van der Waals surface area contributed by atoms with Crippen molar-refractivity contribution in [2.24, 2.45) is 0 Å². The SMILES string of the molecule is N#Cc1c(NCc2ccc(OC(F)F)cn2)nc2ccccn12. The van der Waals surface area contributed by atoms with Gasteiger partial charge in [-0.15, -0.1) is 0 Å². The summed E-state index contributed by atoms with van der Waals surface area (Å²) in [5.74, 6) is 0.433. The van der Waals surface area contributed by atoms with Crippen LogP contribution < -0.4 is 10.1 Å². The molecule has 0 saturated heterocycles. The molecular formula is C15H11F2N5O. The second-order valence-electron chi connectivity index (χ2n) is 4.57. The van der Waals surface area contributed by atoms with Gasteiger partial charge in [0.25, 0.3) is 0 Å². The van der Waals surface area contributed by atoms with Crippen molar-refractivity contribution in [1.29, 1.82) is 5.26 Å². The van der Waals surface area contributed by atoms with E-state index in [1.54, 1.807) is 22.7 Å². The van der Waals surface area contributed by atoms with Gasteiger partial charge in [-0.25, -0.2) is 4.98 Å². The molecule has 116 valence electrons. The minimum Gasteiger partial charge on any atom is -0.433 e. The Labute approximate surface area is 130 Å². The Balaban J connectivity index is 1.74. The first kappa shape index (κ1) is 14.7. The lowest BCUT2D eigenvalue weighted by molar-refractivity contribution is -0.0500. The highest BCUT2D eigenvalue weighted by molar-refractivity contribution is 5.58. The number of nitrogens with one attached hydrogen (secondary N) is 1. The number of fused-ring (bicyclic) bond motifs is 1. The van der Waals surface area contributed by atoms with Crippen LogP contribution in [0.25, 0.3) is 5.65 Å². The largest absolute Gasteiger partial charge is 0.433 e. The van der Waals surface area contributed by atoms with E-state index in [9.17, 15) is 14.0 Å². The highest BCUT2D eigenvalue weighted by Gasteiger charge is 2.11. The van der Waals surface area contributed by atoms with Crippen molar-refractivity contribution < 1.29 is 13.5 Å². The number of alkyl halides is 2. The molecule has 0 aliphatic carbocycles. The number of nitrogens with zero attached hydrogens (tertiary/aromatic N) is 4. The van der Waals surface area contributed by atoms with Crippen molar-refractivity contribution in [3.63, 3.8) is 0 Å². The van der Waals surface area contributed by atoms with Gasteiger partial charge in [-0.2, -0.15) is 14.0 Å². The zero-order valence-electron chi connectivity index (χ0n) is 11.8. The molecule has 0 fully saturated rings. The van der Waals surface area contributed by atoms with Crippen molar-refractivity contribution in [3.05, 3.63) is 54.1 Å². The summed E-state index contributed by atoms with van der Waals surface area (Å²) in [6, 6.07) is 10.5. The second kappa shape index (κ2) is 6.27. The second-order valence-corrected chi connectivity index (χ2v) is 4.57. The van der Waals surface area contributed by atoms with Gasteiger partial charge >= 0.3 is 6.61 Å². The Morgan fingerprint density at radius 3 is 2.87 bits per heavy atom. The molecule has 0 saturated carbocycles. The maximum absolute atomic E-state index is 12.1. The number of pyridine rings is 2. The van der Waals surface area contributed by atoms with Crippen molar-refractivity contribution in [2.75, 3.05) is 5.32 Å². The van der Waals surface area contributed by atoms with Gasteiger partial charge in [-0.3, -0.25) is 9.38 Å². The predicted octanol–water partition coefficient (Wildman–Crippen LogP) is 2.81. The Hall–Kier alpha value is -3.21. The first-order valence-corrected chi connectivity index (χ1v) is 6.68. The number of aromatic nitrogens is 3. The highest BCUT2D eigenvalue weighted by atomic mass is 19.3. The molecule has 3 aromatic heterocycles. The minimum absolute atomic E-state index is 0.00538. The Bertz CT molecular complexity index is 854. The van der Waals surface area contributed by atoms with E-state index in [4.69, 9.17) is 0 Å². The maximum Gasteiger partial charge on any atom is 0.387 e. The Morgan fingerprint density at radius 2 is 2.17 bits per heavy atom. The lowest BCUT2D eigenvalue weighted by Gasteiger charge is -2.06. The summed E-state index contributed by atoms with van der Waals surface area (Å²) in [5.41, 5.74) is 1.64. The van der Waals surface area contributed by atoms with Crippen LogP contribution in [0.3, 0.4) is 0 Å². The third-order valence-corrected chi connectivity index (χ3v) is 3.10. The van der Waals surface area contributed by atoms with E-state index in [1.165, 1.54) is 12.3 Å².